The molecule has 0 saturated carbocycles. The van der Waals surface area contributed by atoms with Crippen molar-refractivity contribution in [2.45, 2.75) is 32.5 Å². The largest absolute Gasteiger partial charge is 0.492 e. The second-order valence-electron chi connectivity index (χ2n) is 7.08. The van der Waals surface area contributed by atoms with Crippen LogP contribution in [-0.2, 0) is 6.18 Å². The Labute approximate surface area is 165 Å². The zero-order chi connectivity index (χ0) is 21.2. The number of alkyl halides is 3. The second kappa shape index (κ2) is 8.09. The molecule has 2 heterocycles. The number of aromatic nitrogens is 3. The average Bonchev–Trinajstić information content (AvgIpc) is 3.10. The number of halogens is 3. The number of hydrogen-bond donors (Lipinski definition) is 1. The van der Waals surface area contributed by atoms with E-state index in [4.69, 9.17) is 10.5 Å². The van der Waals surface area contributed by atoms with E-state index < -0.39 is 11.9 Å². The van der Waals surface area contributed by atoms with Crippen LogP contribution in [0, 0.1) is 17.2 Å². The summed E-state index contributed by atoms with van der Waals surface area (Å²) in [6, 6.07) is 9.42. The van der Waals surface area contributed by atoms with Crippen LogP contribution >= 0.6 is 0 Å². The van der Waals surface area contributed by atoms with Gasteiger partial charge in [0.1, 0.15) is 11.8 Å². The summed E-state index contributed by atoms with van der Waals surface area (Å²) in [5.74, 6) is 0.625. The lowest BCUT2D eigenvalue weighted by atomic mass is 10.0. The van der Waals surface area contributed by atoms with Gasteiger partial charge in [-0.05, 0) is 43.5 Å². The molecule has 0 spiro atoms. The van der Waals surface area contributed by atoms with Gasteiger partial charge >= 0.3 is 6.18 Å². The Morgan fingerprint density at radius 3 is 2.66 bits per heavy atom. The molecule has 0 aliphatic carbocycles. The van der Waals surface area contributed by atoms with Crippen LogP contribution in [0.5, 0.6) is 5.75 Å². The van der Waals surface area contributed by atoms with Gasteiger partial charge < -0.3 is 10.5 Å². The van der Waals surface area contributed by atoms with Crippen molar-refractivity contribution in [3.05, 3.63) is 47.8 Å². The molecule has 2 N–H and O–H groups in total. The topological polar surface area (TPSA) is 89.2 Å². The smallest absolute Gasteiger partial charge is 0.435 e. The Morgan fingerprint density at radius 1 is 1.24 bits per heavy atom. The highest BCUT2D eigenvalue weighted by Gasteiger charge is 2.34. The van der Waals surface area contributed by atoms with Gasteiger partial charge in [-0.2, -0.15) is 23.5 Å². The van der Waals surface area contributed by atoms with Gasteiger partial charge in [0.25, 0.3) is 0 Å². The summed E-state index contributed by atoms with van der Waals surface area (Å²) in [6.45, 7) is 4.33. The number of hydrogen-bond acceptors (Lipinski definition) is 5. The van der Waals surface area contributed by atoms with E-state index in [0.29, 0.717) is 23.6 Å². The Kier molecular flexibility index (Phi) is 5.75. The Bertz CT molecular complexity index is 1050. The van der Waals surface area contributed by atoms with Crippen LogP contribution in [-0.4, -0.2) is 27.2 Å². The second-order valence-corrected chi connectivity index (χ2v) is 7.08. The Balaban J connectivity index is 1.92. The summed E-state index contributed by atoms with van der Waals surface area (Å²) >= 11 is 0. The molecule has 0 saturated heterocycles. The van der Waals surface area contributed by atoms with Crippen molar-refractivity contribution < 1.29 is 17.9 Å². The minimum absolute atomic E-state index is 0.0520. The van der Waals surface area contributed by atoms with Crippen molar-refractivity contribution in [3.8, 4) is 23.1 Å². The van der Waals surface area contributed by atoms with Gasteiger partial charge in [0, 0.05) is 23.9 Å². The van der Waals surface area contributed by atoms with E-state index in [9.17, 15) is 18.4 Å². The normalized spacial score (nSPS) is 13.8. The molecule has 29 heavy (non-hydrogen) atoms. The van der Waals surface area contributed by atoms with E-state index >= 15 is 0 Å². The van der Waals surface area contributed by atoms with E-state index in [1.165, 1.54) is 6.20 Å². The van der Waals surface area contributed by atoms with Gasteiger partial charge in [0.05, 0.1) is 17.9 Å². The summed E-state index contributed by atoms with van der Waals surface area (Å²) in [4.78, 5) is 3.93. The first-order chi connectivity index (χ1) is 13.7. The summed E-state index contributed by atoms with van der Waals surface area (Å²) in [6.07, 6.45) is -2.38. The summed E-state index contributed by atoms with van der Waals surface area (Å²) < 4.78 is 45.8. The lowest BCUT2D eigenvalue weighted by Gasteiger charge is -2.16. The molecule has 0 radical (unpaired) electrons. The van der Waals surface area contributed by atoms with Crippen molar-refractivity contribution in [1.29, 1.82) is 5.26 Å². The lowest BCUT2D eigenvalue weighted by Crippen LogP contribution is -2.21. The van der Waals surface area contributed by atoms with Crippen LogP contribution in [0.2, 0.25) is 0 Å². The number of nitriles is 1. The minimum atomic E-state index is -4.57. The summed E-state index contributed by atoms with van der Waals surface area (Å²) in [7, 11) is 0. The molecule has 0 aliphatic heterocycles. The monoisotopic (exact) mass is 403 g/mol. The van der Waals surface area contributed by atoms with Gasteiger partial charge in [0.15, 0.2) is 11.3 Å². The average molecular weight is 403 g/mol. The minimum Gasteiger partial charge on any atom is -0.492 e. The van der Waals surface area contributed by atoms with Gasteiger partial charge in [-0.25, -0.2) is 9.50 Å². The maximum absolute atomic E-state index is 13.0. The molecule has 2 atom stereocenters. The fourth-order valence-corrected chi connectivity index (χ4v) is 3.09. The number of benzene rings is 1. The predicted molar refractivity (Wildman–Crippen MR) is 101 cm³/mol. The maximum atomic E-state index is 13.0. The highest BCUT2D eigenvalue weighted by atomic mass is 19.4. The van der Waals surface area contributed by atoms with Crippen LogP contribution in [0.1, 0.15) is 31.5 Å². The quantitative estimate of drug-likeness (QED) is 0.671. The van der Waals surface area contributed by atoms with Crippen LogP contribution < -0.4 is 10.5 Å². The SMILES string of the molecule is CC(N)CC(C)COc1ccc(-c2ccnc3cc(C(F)(F)F)nn23)cc1C#N. The van der Waals surface area contributed by atoms with Crippen molar-refractivity contribution in [2.75, 3.05) is 6.61 Å². The van der Waals surface area contributed by atoms with E-state index in [1.54, 1.807) is 24.3 Å². The van der Waals surface area contributed by atoms with E-state index in [2.05, 4.69) is 16.2 Å². The first-order valence-corrected chi connectivity index (χ1v) is 9.04. The molecule has 0 aliphatic rings. The molecular formula is C20H20F3N5O. The van der Waals surface area contributed by atoms with Crippen LogP contribution in [0.25, 0.3) is 16.9 Å². The highest BCUT2D eigenvalue weighted by Crippen LogP contribution is 2.31. The summed E-state index contributed by atoms with van der Waals surface area (Å²) in [5, 5.41) is 13.1. The molecule has 0 fully saturated rings. The zero-order valence-electron chi connectivity index (χ0n) is 15.9. The molecular weight excluding hydrogens is 383 g/mol. The lowest BCUT2D eigenvalue weighted by molar-refractivity contribution is -0.141. The first-order valence-electron chi connectivity index (χ1n) is 9.04. The zero-order valence-corrected chi connectivity index (χ0v) is 15.9. The van der Waals surface area contributed by atoms with Crippen molar-refractivity contribution in [2.24, 2.45) is 11.7 Å². The molecule has 152 valence electrons. The van der Waals surface area contributed by atoms with E-state index in [0.717, 1.165) is 17.0 Å². The molecule has 2 aromatic heterocycles. The fourth-order valence-electron chi connectivity index (χ4n) is 3.09. The van der Waals surface area contributed by atoms with Gasteiger partial charge in [-0.1, -0.05) is 6.92 Å². The number of fused-ring (bicyclic) bond motifs is 1. The molecule has 3 aromatic rings. The molecule has 3 rings (SSSR count). The molecule has 1 aromatic carbocycles. The van der Waals surface area contributed by atoms with Gasteiger partial charge in [-0.3, -0.25) is 0 Å². The third kappa shape index (κ3) is 4.66. The first kappa shape index (κ1) is 20.6. The predicted octanol–water partition coefficient (Wildman–Crippen LogP) is 4.04. The van der Waals surface area contributed by atoms with Crippen LogP contribution in [0.3, 0.4) is 0 Å². The third-order valence-electron chi connectivity index (χ3n) is 4.34. The maximum Gasteiger partial charge on any atom is 0.435 e. The van der Waals surface area contributed by atoms with E-state index in [1.807, 2.05) is 13.8 Å². The fraction of sp³-hybridized carbons (Fsp3) is 0.350. The Hall–Kier alpha value is -3.12. The highest BCUT2D eigenvalue weighted by molar-refractivity contribution is 5.66. The molecule has 6 nitrogen and oxygen atoms in total. The molecule has 0 amide bonds. The standard InChI is InChI=1S/C20H20F3N5O/c1-12(7-13(2)25)11-29-17-4-3-14(8-15(17)10-24)16-5-6-26-19-9-18(20(21,22)23)27-28(16)19/h3-6,8-9,12-13H,7,11,25H2,1-2H3. The van der Waals surface area contributed by atoms with Crippen molar-refractivity contribution in [1.82, 2.24) is 14.6 Å². The molecule has 9 heteroatoms. The Morgan fingerprint density at radius 2 is 2.00 bits per heavy atom. The summed E-state index contributed by atoms with van der Waals surface area (Å²) in [5.41, 5.74) is 6.02. The van der Waals surface area contributed by atoms with Gasteiger partial charge in [0.2, 0.25) is 0 Å². The number of ether oxygens (including phenoxy) is 1. The molecule has 0 bridgehead atoms. The van der Waals surface area contributed by atoms with Crippen LogP contribution in [0.15, 0.2) is 36.5 Å². The van der Waals surface area contributed by atoms with Crippen LogP contribution in [0.4, 0.5) is 13.2 Å². The number of nitrogens with zero attached hydrogens (tertiary/aromatic N) is 4. The van der Waals surface area contributed by atoms with E-state index in [-0.39, 0.29) is 23.2 Å². The van der Waals surface area contributed by atoms with Crippen molar-refractivity contribution >= 4 is 5.65 Å². The van der Waals surface area contributed by atoms with Crippen molar-refractivity contribution in [3.63, 3.8) is 0 Å². The molecule has 2 unspecified atom stereocenters. The number of nitrogens with two attached hydrogens (primary N) is 1. The third-order valence-corrected chi connectivity index (χ3v) is 4.34. The van der Waals surface area contributed by atoms with Gasteiger partial charge in [-0.15, -0.1) is 0 Å². The number of rotatable bonds is 6.